The van der Waals surface area contributed by atoms with Crippen LogP contribution in [0.1, 0.15) is 11.1 Å². The summed E-state index contributed by atoms with van der Waals surface area (Å²) in [6.45, 7) is 1.24. The van der Waals surface area contributed by atoms with Gasteiger partial charge in [-0.3, -0.25) is 0 Å². The van der Waals surface area contributed by atoms with Crippen molar-refractivity contribution in [2.45, 2.75) is 6.42 Å². The van der Waals surface area contributed by atoms with Crippen LogP contribution in [0.2, 0.25) is 0 Å². The predicted molar refractivity (Wildman–Crippen MR) is 96.2 cm³/mol. The summed E-state index contributed by atoms with van der Waals surface area (Å²) in [5.41, 5.74) is 1.39. The number of hydrogen-bond donors (Lipinski definition) is 0. The molecule has 25 heavy (non-hydrogen) atoms. The third kappa shape index (κ3) is 5.18. The molecular weight excluding hydrogens is 321 g/mol. The van der Waals surface area contributed by atoms with E-state index in [1.165, 1.54) is 13.2 Å². The van der Waals surface area contributed by atoms with Crippen molar-refractivity contribution in [1.82, 2.24) is 4.90 Å². The number of nitrogens with zero attached hydrogens (tertiary/aromatic N) is 1. The first-order chi connectivity index (χ1) is 12.0. The van der Waals surface area contributed by atoms with Gasteiger partial charge in [0.2, 0.25) is 0 Å². The van der Waals surface area contributed by atoms with Gasteiger partial charge in [-0.15, -0.1) is 0 Å². The molecule has 0 fully saturated rings. The van der Waals surface area contributed by atoms with Crippen LogP contribution in [-0.4, -0.2) is 45.2 Å². The SMILES string of the molecule is COc1ccc(CC(=C=O)c2ccccc2OCCN(C)C)c(F)c1. The minimum atomic E-state index is -0.418. The minimum absolute atomic E-state index is 0.132. The van der Waals surface area contributed by atoms with Crippen LogP contribution in [0.25, 0.3) is 5.57 Å². The third-order valence-electron chi connectivity index (χ3n) is 3.76. The number of ether oxygens (including phenoxy) is 2. The second kappa shape index (κ2) is 9.02. The number of hydrogen-bond acceptors (Lipinski definition) is 4. The van der Waals surface area contributed by atoms with Crippen molar-refractivity contribution in [1.29, 1.82) is 0 Å². The molecule has 2 aromatic carbocycles. The minimum Gasteiger partial charge on any atom is -0.497 e. The van der Waals surface area contributed by atoms with Gasteiger partial charge in [0.1, 0.15) is 29.9 Å². The van der Waals surface area contributed by atoms with Gasteiger partial charge < -0.3 is 14.4 Å². The molecule has 0 atom stereocenters. The summed E-state index contributed by atoms with van der Waals surface area (Å²) < 4.78 is 25.0. The van der Waals surface area contributed by atoms with E-state index in [2.05, 4.69) is 0 Å². The van der Waals surface area contributed by atoms with Crippen LogP contribution < -0.4 is 9.47 Å². The van der Waals surface area contributed by atoms with E-state index in [-0.39, 0.29) is 6.42 Å². The molecule has 0 N–H and O–H groups in total. The van der Waals surface area contributed by atoms with Crippen LogP contribution in [0.15, 0.2) is 42.5 Å². The molecule has 0 amide bonds. The lowest BCUT2D eigenvalue weighted by molar-refractivity contribution is 0.261. The van der Waals surface area contributed by atoms with Crippen molar-refractivity contribution >= 4 is 11.5 Å². The Hall–Kier alpha value is -2.62. The monoisotopic (exact) mass is 343 g/mol. The van der Waals surface area contributed by atoms with Crippen LogP contribution in [0.4, 0.5) is 4.39 Å². The Balaban J connectivity index is 2.22. The van der Waals surface area contributed by atoms with Crippen molar-refractivity contribution in [2.24, 2.45) is 0 Å². The lowest BCUT2D eigenvalue weighted by Crippen LogP contribution is -2.19. The normalized spacial score (nSPS) is 10.4. The summed E-state index contributed by atoms with van der Waals surface area (Å²) in [6.07, 6.45) is 0.132. The number of benzene rings is 2. The fourth-order valence-electron chi connectivity index (χ4n) is 2.36. The molecule has 0 unspecified atom stereocenters. The van der Waals surface area contributed by atoms with Gasteiger partial charge >= 0.3 is 0 Å². The molecule has 0 aliphatic carbocycles. The second-order valence-corrected chi connectivity index (χ2v) is 5.86. The van der Waals surface area contributed by atoms with E-state index in [0.29, 0.717) is 34.8 Å². The van der Waals surface area contributed by atoms with Gasteiger partial charge in [0, 0.05) is 24.6 Å². The predicted octanol–water partition coefficient (Wildman–Crippen LogP) is 3.23. The Morgan fingerprint density at radius 3 is 2.60 bits per heavy atom. The Bertz CT molecular complexity index is 767. The summed E-state index contributed by atoms with van der Waals surface area (Å²) in [7, 11) is 5.39. The molecule has 0 radical (unpaired) electrons. The van der Waals surface area contributed by atoms with Gasteiger partial charge in [-0.25, -0.2) is 9.18 Å². The molecule has 0 aliphatic heterocycles. The number of methoxy groups -OCH3 is 1. The number of para-hydroxylation sites is 1. The van der Waals surface area contributed by atoms with Gasteiger partial charge in [-0.2, -0.15) is 0 Å². The summed E-state index contributed by atoms with van der Waals surface area (Å²) >= 11 is 0. The zero-order chi connectivity index (χ0) is 18.2. The highest BCUT2D eigenvalue weighted by molar-refractivity contribution is 5.90. The zero-order valence-electron chi connectivity index (χ0n) is 14.7. The van der Waals surface area contributed by atoms with E-state index >= 15 is 0 Å². The molecule has 2 rings (SSSR count). The van der Waals surface area contributed by atoms with Gasteiger partial charge in [-0.05, 0) is 31.8 Å². The molecule has 4 nitrogen and oxygen atoms in total. The maximum absolute atomic E-state index is 14.2. The van der Waals surface area contributed by atoms with Crippen LogP contribution in [-0.2, 0) is 11.2 Å². The van der Waals surface area contributed by atoms with Crippen LogP contribution in [0, 0.1) is 5.82 Å². The lowest BCUT2D eigenvalue weighted by atomic mass is 9.98. The second-order valence-electron chi connectivity index (χ2n) is 5.86. The molecule has 0 aliphatic rings. The average molecular weight is 343 g/mol. The number of likely N-dealkylation sites (N-methyl/N-ethyl adjacent to an activating group) is 1. The molecule has 2 aromatic rings. The van der Waals surface area contributed by atoms with Gasteiger partial charge in [0.15, 0.2) is 0 Å². The average Bonchev–Trinajstić information content (AvgIpc) is 2.61. The first kappa shape index (κ1) is 18.7. The summed E-state index contributed by atoms with van der Waals surface area (Å²) in [5.74, 6) is 2.55. The van der Waals surface area contributed by atoms with Gasteiger partial charge in [0.05, 0.1) is 12.7 Å². The Labute approximate surface area is 147 Å². The van der Waals surface area contributed by atoms with E-state index in [9.17, 15) is 9.18 Å². The first-order valence-electron chi connectivity index (χ1n) is 7.98. The maximum atomic E-state index is 14.2. The molecule has 0 heterocycles. The van der Waals surface area contributed by atoms with E-state index in [4.69, 9.17) is 9.47 Å². The molecule has 0 saturated carbocycles. The first-order valence-corrected chi connectivity index (χ1v) is 7.98. The quantitative estimate of drug-likeness (QED) is 0.690. The summed E-state index contributed by atoms with van der Waals surface area (Å²) in [5, 5.41) is 0. The van der Waals surface area contributed by atoms with E-state index in [0.717, 1.165) is 6.54 Å². The smallest absolute Gasteiger partial charge is 0.130 e. The highest BCUT2D eigenvalue weighted by atomic mass is 19.1. The highest BCUT2D eigenvalue weighted by Crippen LogP contribution is 2.28. The zero-order valence-corrected chi connectivity index (χ0v) is 14.7. The van der Waals surface area contributed by atoms with Crippen molar-refractivity contribution in [3.05, 3.63) is 59.4 Å². The molecule has 0 bridgehead atoms. The molecular formula is C20H22FNO3. The van der Waals surface area contributed by atoms with Gasteiger partial charge in [-0.1, -0.05) is 24.3 Å². The Morgan fingerprint density at radius 2 is 1.96 bits per heavy atom. The Kier molecular flexibility index (Phi) is 6.75. The molecule has 0 saturated heterocycles. The largest absolute Gasteiger partial charge is 0.497 e. The van der Waals surface area contributed by atoms with Crippen LogP contribution in [0.5, 0.6) is 11.5 Å². The number of carbonyl (C=O) groups excluding carboxylic acids is 1. The van der Waals surface area contributed by atoms with Crippen molar-refractivity contribution in [3.8, 4) is 11.5 Å². The van der Waals surface area contributed by atoms with Crippen molar-refractivity contribution in [3.63, 3.8) is 0 Å². The molecule has 0 spiro atoms. The van der Waals surface area contributed by atoms with Gasteiger partial charge in [0.25, 0.3) is 0 Å². The van der Waals surface area contributed by atoms with Crippen LogP contribution >= 0.6 is 0 Å². The Morgan fingerprint density at radius 1 is 1.20 bits per heavy atom. The maximum Gasteiger partial charge on any atom is 0.130 e. The summed E-state index contributed by atoms with van der Waals surface area (Å²) in [6, 6.07) is 11.8. The topological polar surface area (TPSA) is 38.8 Å². The van der Waals surface area contributed by atoms with E-state index in [1.54, 1.807) is 24.3 Å². The van der Waals surface area contributed by atoms with Crippen molar-refractivity contribution < 1.29 is 18.7 Å². The molecule has 132 valence electrons. The van der Waals surface area contributed by atoms with Crippen molar-refractivity contribution in [2.75, 3.05) is 34.4 Å². The highest BCUT2D eigenvalue weighted by Gasteiger charge is 2.13. The van der Waals surface area contributed by atoms with E-state index < -0.39 is 5.82 Å². The molecule has 0 aromatic heterocycles. The third-order valence-corrected chi connectivity index (χ3v) is 3.76. The standard InChI is InChI=1S/C20H22FNO3/c1-22(2)10-11-25-20-7-5-4-6-18(20)16(14-23)12-15-8-9-17(24-3)13-19(15)21/h4-9,13H,10-12H2,1-3H3. The number of halogens is 1. The lowest BCUT2D eigenvalue weighted by Gasteiger charge is -2.15. The van der Waals surface area contributed by atoms with Crippen LogP contribution in [0.3, 0.4) is 0 Å². The van der Waals surface area contributed by atoms with E-state index in [1.807, 2.05) is 37.1 Å². The molecule has 5 heteroatoms. The number of allylic oxidation sites excluding steroid dienone is 1. The number of rotatable bonds is 8. The summed E-state index contributed by atoms with van der Waals surface area (Å²) in [4.78, 5) is 13.5. The fourth-order valence-corrected chi connectivity index (χ4v) is 2.36. The fraction of sp³-hybridized carbons (Fsp3) is 0.300.